The third-order valence-electron chi connectivity index (χ3n) is 6.14. The number of carbonyl (C=O) groups excluding carboxylic acids is 1. The maximum atomic E-state index is 11.8. The second kappa shape index (κ2) is 5.58. The van der Waals surface area contributed by atoms with Crippen LogP contribution in [0.25, 0.3) is 0 Å². The van der Waals surface area contributed by atoms with Crippen LogP contribution in [0.15, 0.2) is 0 Å². The SMILES string of the molecule is CCCCC(=O)CCCC12CC3CC(CC(C3)C1)C2. The molecule has 4 rings (SSSR count). The van der Waals surface area contributed by atoms with E-state index in [-0.39, 0.29) is 0 Å². The van der Waals surface area contributed by atoms with Crippen LogP contribution in [0.4, 0.5) is 0 Å². The van der Waals surface area contributed by atoms with Crippen molar-refractivity contribution in [3.8, 4) is 0 Å². The van der Waals surface area contributed by atoms with E-state index >= 15 is 0 Å². The zero-order valence-corrected chi connectivity index (χ0v) is 12.6. The molecule has 4 bridgehead atoms. The van der Waals surface area contributed by atoms with Gasteiger partial charge in [-0.1, -0.05) is 13.3 Å². The Morgan fingerprint density at radius 2 is 1.47 bits per heavy atom. The molecule has 0 amide bonds. The molecule has 19 heavy (non-hydrogen) atoms. The highest BCUT2D eigenvalue weighted by Crippen LogP contribution is 2.61. The normalized spacial score (nSPS) is 39.7. The smallest absolute Gasteiger partial charge is 0.132 e. The monoisotopic (exact) mass is 262 g/mol. The summed E-state index contributed by atoms with van der Waals surface area (Å²) in [6, 6.07) is 0. The molecule has 0 saturated heterocycles. The number of hydrogen-bond acceptors (Lipinski definition) is 1. The Morgan fingerprint density at radius 3 is 2.00 bits per heavy atom. The standard InChI is InChI=1S/C18H30O/c1-2-3-5-17(19)6-4-7-18-11-14-8-15(12-18)10-16(9-14)13-18/h14-16H,2-13H2,1H3. The van der Waals surface area contributed by atoms with Gasteiger partial charge in [-0.3, -0.25) is 4.79 Å². The van der Waals surface area contributed by atoms with Crippen molar-refractivity contribution in [3.05, 3.63) is 0 Å². The van der Waals surface area contributed by atoms with Gasteiger partial charge in [-0.05, 0) is 81.0 Å². The van der Waals surface area contributed by atoms with Crippen LogP contribution in [0.3, 0.4) is 0 Å². The van der Waals surface area contributed by atoms with Gasteiger partial charge in [0.25, 0.3) is 0 Å². The van der Waals surface area contributed by atoms with E-state index in [0.717, 1.165) is 43.4 Å². The fraction of sp³-hybridized carbons (Fsp3) is 0.944. The van der Waals surface area contributed by atoms with Crippen molar-refractivity contribution in [1.82, 2.24) is 0 Å². The molecule has 0 aromatic rings. The van der Waals surface area contributed by atoms with E-state index in [9.17, 15) is 4.79 Å². The first-order valence-corrected chi connectivity index (χ1v) is 8.71. The number of rotatable bonds is 7. The summed E-state index contributed by atoms with van der Waals surface area (Å²) in [6.07, 6.45) is 15.6. The molecule has 0 atom stereocenters. The van der Waals surface area contributed by atoms with E-state index < -0.39 is 0 Å². The van der Waals surface area contributed by atoms with Crippen LogP contribution >= 0.6 is 0 Å². The highest BCUT2D eigenvalue weighted by Gasteiger charge is 2.50. The zero-order chi connectivity index (χ0) is 13.3. The van der Waals surface area contributed by atoms with E-state index in [0.29, 0.717) is 11.2 Å². The van der Waals surface area contributed by atoms with Crippen LogP contribution in [0.1, 0.15) is 84.0 Å². The predicted molar refractivity (Wildman–Crippen MR) is 79.0 cm³/mol. The Bertz CT molecular complexity index is 295. The first-order chi connectivity index (χ1) is 9.19. The summed E-state index contributed by atoms with van der Waals surface area (Å²) in [5, 5.41) is 0. The van der Waals surface area contributed by atoms with E-state index in [4.69, 9.17) is 0 Å². The maximum Gasteiger partial charge on any atom is 0.132 e. The highest BCUT2D eigenvalue weighted by atomic mass is 16.1. The van der Waals surface area contributed by atoms with E-state index in [1.165, 1.54) is 51.4 Å². The van der Waals surface area contributed by atoms with Crippen LogP contribution in [0, 0.1) is 23.2 Å². The van der Waals surface area contributed by atoms with Gasteiger partial charge in [-0.15, -0.1) is 0 Å². The van der Waals surface area contributed by atoms with Crippen LogP contribution in [0.2, 0.25) is 0 Å². The lowest BCUT2D eigenvalue weighted by molar-refractivity contribution is -0.119. The van der Waals surface area contributed by atoms with E-state index in [1.54, 1.807) is 0 Å². The van der Waals surface area contributed by atoms with Crippen molar-refractivity contribution >= 4 is 5.78 Å². The van der Waals surface area contributed by atoms with Gasteiger partial charge in [0.15, 0.2) is 0 Å². The highest BCUT2D eigenvalue weighted by molar-refractivity contribution is 5.78. The lowest BCUT2D eigenvalue weighted by Gasteiger charge is -2.57. The molecule has 0 aromatic carbocycles. The first-order valence-electron chi connectivity index (χ1n) is 8.71. The van der Waals surface area contributed by atoms with Crippen molar-refractivity contribution in [2.24, 2.45) is 23.2 Å². The summed E-state index contributed by atoms with van der Waals surface area (Å²) < 4.78 is 0. The fourth-order valence-electron chi connectivity index (χ4n) is 5.76. The van der Waals surface area contributed by atoms with Crippen molar-refractivity contribution in [2.45, 2.75) is 84.0 Å². The molecule has 0 radical (unpaired) electrons. The van der Waals surface area contributed by atoms with Gasteiger partial charge < -0.3 is 0 Å². The van der Waals surface area contributed by atoms with Gasteiger partial charge in [0.2, 0.25) is 0 Å². The molecular formula is C18H30O. The number of unbranched alkanes of at least 4 members (excludes halogenated alkanes) is 1. The minimum atomic E-state index is 0.520. The van der Waals surface area contributed by atoms with Crippen molar-refractivity contribution in [3.63, 3.8) is 0 Å². The number of Topliss-reactive ketones (excluding diaryl/α,β-unsaturated/α-hetero) is 1. The van der Waals surface area contributed by atoms with Gasteiger partial charge in [-0.2, -0.15) is 0 Å². The van der Waals surface area contributed by atoms with Gasteiger partial charge in [-0.25, -0.2) is 0 Å². The Labute approximate surface area is 118 Å². The molecule has 1 nitrogen and oxygen atoms in total. The Morgan fingerprint density at radius 1 is 0.947 bits per heavy atom. The fourth-order valence-corrected chi connectivity index (χ4v) is 5.76. The second-order valence-corrected chi connectivity index (χ2v) is 7.91. The third kappa shape index (κ3) is 3.06. The first kappa shape index (κ1) is 13.6. The van der Waals surface area contributed by atoms with E-state index in [1.807, 2.05) is 0 Å². The number of hydrogen-bond donors (Lipinski definition) is 0. The van der Waals surface area contributed by atoms with Crippen LogP contribution in [-0.4, -0.2) is 5.78 Å². The van der Waals surface area contributed by atoms with Crippen LogP contribution in [0.5, 0.6) is 0 Å². The van der Waals surface area contributed by atoms with Crippen molar-refractivity contribution < 1.29 is 4.79 Å². The average Bonchev–Trinajstić information content (AvgIpc) is 2.34. The van der Waals surface area contributed by atoms with Crippen LogP contribution < -0.4 is 0 Å². The maximum absolute atomic E-state index is 11.8. The molecule has 4 fully saturated rings. The molecule has 0 N–H and O–H groups in total. The molecule has 1 heteroatoms. The topological polar surface area (TPSA) is 17.1 Å². The molecule has 4 saturated carbocycles. The van der Waals surface area contributed by atoms with Gasteiger partial charge in [0.05, 0.1) is 0 Å². The van der Waals surface area contributed by atoms with Gasteiger partial charge in [0.1, 0.15) is 5.78 Å². The van der Waals surface area contributed by atoms with Crippen molar-refractivity contribution in [1.29, 1.82) is 0 Å². The summed E-state index contributed by atoms with van der Waals surface area (Å²) >= 11 is 0. The van der Waals surface area contributed by atoms with Gasteiger partial charge in [0, 0.05) is 12.8 Å². The van der Waals surface area contributed by atoms with Crippen molar-refractivity contribution in [2.75, 3.05) is 0 Å². The molecule has 4 aliphatic carbocycles. The summed E-state index contributed by atoms with van der Waals surface area (Å²) in [6.45, 7) is 2.17. The predicted octanol–water partition coefficient (Wildman–Crippen LogP) is 5.13. The summed E-state index contributed by atoms with van der Waals surface area (Å²) in [7, 11) is 0. The number of carbonyl (C=O) groups is 1. The average molecular weight is 262 g/mol. The Kier molecular flexibility index (Phi) is 4.01. The van der Waals surface area contributed by atoms with E-state index in [2.05, 4.69) is 6.92 Å². The minimum absolute atomic E-state index is 0.520. The molecular weight excluding hydrogens is 232 g/mol. The molecule has 108 valence electrons. The zero-order valence-electron chi connectivity index (χ0n) is 12.6. The molecule has 0 aromatic heterocycles. The third-order valence-corrected chi connectivity index (χ3v) is 6.14. The Balaban J connectivity index is 1.46. The molecule has 4 aliphatic rings. The molecule has 0 heterocycles. The lowest BCUT2D eigenvalue weighted by atomic mass is 9.48. The quantitative estimate of drug-likeness (QED) is 0.621. The summed E-state index contributed by atoms with van der Waals surface area (Å²) in [5.41, 5.74) is 0.680. The molecule has 0 aliphatic heterocycles. The van der Waals surface area contributed by atoms with Crippen LogP contribution in [-0.2, 0) is 4.79 Å². The lowest BCUT2D eigenvalue weighted by Crippen LogP contribution is -2.45. The minimum Gasteiger partial charge on any atom is -0.300 e. The number of ketones is 1. The van der Waals surface area contributed by atoms with Gasteiger partial charge >= 0.3 is 0 Å². The summed E-state index contributed by atoms with van der Waals surface area (Å²) in [4.78, 5) is 11.8. The summed E-state index contributed by atoms with van der Waals surface area (Å²) in [5.74, 6) is 3.69. The Hall–Kier alpha value is -0.330. The largest absolute Gasteiger partial charge is 0.300 e. The molecule has 0 spiro atoms. The molecule has 0 unspecified atom stereocenters. The second-order valence-electron chi connectivity index (χ2n) is 7.91.